The summed E-state index contributed by atoms with van der Waals surface area (Å²) in [5.41, 5.74) is 0.759. The summed E-state index contributed by atoms with van der Waals surface area (Å²) in [5.74, 6) is -0.335. The number of nitrogens with one attached hydrogen (secondary N) is 1. The maximum atomic E-state index is 14.1. The van der Waals surface area contributed by atoms with Crippen molar-refractivity contribution >= 4 is 27.5 Å². The smallest absolute Gasteiger partial charge is 0.264 e. The van der Waals surface area contributed by atoms with Crippen molar-refractivity contribution in [3.05, 3.63) is 78.1 Å². The number of benzene rings is 3. The molecule has 0 spiro atoms. The molecule has 1 heterocycles. The van der Waals surface area contributed by atoms with Crippen molar-refractivity contribution in [2.75, 3.05) is 37.7 Å². The Morgan fingerprint density at radius 3 is 2.44 bits per heavy atom. The van der Waals surface area contributed by atoms with Crippen molar-refractivity contribution in [2.24, 2.45) is 0 Å². The number of hydrogen-bond donors (Lipinski definition) is 1. The van der Waals surface area contributed by atoms with Crippen molar-refractivity contribution in [1.82, 2.24) is 10.2 Å². The van der Waals surface area contributed by atoms with E-state index < -0.39 is 34.3 Å². The molecule has 1 unspecified atom stereocenters. The molecule has 2 amide bonds. The molecule has 4 rings (SSSR count). The standard InChI is InChI=1S/C31H36FN3O7S/c1-4-5-15-33-31(37)22(2)34(20-23-7-6-8-26(18-23)40-3)30(36)21-35(25-11-9-24(32)10-12-25)43(38,39)27-13-14-28-29(19-27)42-17-16-41-28/h6-14,18-19,22H,4-5,15-17,20-21H2,1-3H3,(H,33,37). The maximum Gasteiger partial charge on any atom is 0.264 e. The van der Waals surface area contributed by atoms with Crippen LogP contribution in [0.1, 0.15) is 32.3 Å². The first kappa shape index (κ1) is 31.6. The normalized spacial score (nSPS) is 13.1. The van der Waals surface area contributed by atoms with E-state index in [1.807, 2.05) is 6.92 Å². The Hall–Kier alpha value is -4.32. The minimum absolute atomic E-state index is 0.0136. The largest absolute Gasteiger partial charge is 0.497 e. The number of unbranched alkanes of at least 4 members (excludes halogenated alkanes) is 1. The highest BCUT2D eigenvalue weighted by Gasteiger charge is 2.33. The van der Waals surface area contributed by atoms with Crippen LogP contribution in [-0.4, -0.2) is 64.6 Å². The van der Waals surface area contributed by atoms with Crippen LogP contribution in [0.2, 0.25) is 0 Å². The second-order valence-corrected chi connectivity index (χ2v) is 11.8. The Bertz CT molecular complexity index is 1530. The Labute approximate surface area is 251 Å². The fourth-order valence-electron chi connectivity index (χ4n) is 4.53. The van der Waals surface area contributed by atoms with Crippen LogP contribution < -0.4 is 23.8 Å². The van der Waals surface area contributed by atoms with Crippen molar-refractivity contribution in [3.63, 3.8) is 0 Å². The molecule has 0 fully saturated rings. The Balaban J connectivity index is 1.70. The van der Waals surface area contributed by atoms with Gasteiger partial charge < -0.3 is 24.4 Å². The zero-order chi connectivity index (χ0) is 31.0. The number of ether oxygens (including phenoxy) is 3. The lowest BCUT2D eigenvalue weighted by molar-refractivity contribution is -0.139. The summed E-state index contributed by atoms with van der Waals surface area (Å²) in [4.78, 5) is 28.3. The van der Waals surface area contributed by atoms with E-state index >= 15 is 0 Å². The van der Waals surface area contributed by atoms with E-state index in [0.717, 1.165) is 29.3 Å². The van der Waals surface area contributed by atoms with E-state index in [4.69, 9.17) is 14.2 Å². The summed E-state index contributed by atoms with van der Waals surface area (Å²) in [6.45, 7) is 3.99. The molecule has 0 radical (unpaired) electrons. The second-order valence-electron chi connectivity index (χ2n) is 9.99. The summed E-state index contributed by atoms with van der Waals surface area (Å²) < 4.78 is 59.3. The number of sulfonamides is 1. The minimum Gasteiger partial charge on any atom is -0.497 e. The SMILES string of the molecule is CCCCNC(=O)C(C)N(Cc1cccc(OC)c1)C(=O)CN(c1ccc(F)cc1)S(=O)(=O)c1ccc2c(c1)OCCO2. The summed E-state index contributed by atoms with van der Waals surface area (Å²) in [6.07, 6.45) is 1.65. The predicted molar refractivity (Wildman–Crippen MR) is 159 cm³/mol. The molecule has 10 nitrogen and oxygen atoms in total. The molecule has 0 saturated carbocycles. The zero-order valence-electron chi connectivity index (χ0n) is 24.4. The topological polar surface area (TPSA) is 114 Å². The lowest BCUT2D eigenvalue weighted by Gasteiger charge is -2.32. The van der Waals surface area contributed by atoms with Crippen LogP contribution in [0.3, 0.4) is 0 Å². The van der Waals surface area contributed by atoms with Gasteiger partial charge in [0.15, 0.2) is 11.5 Å². The molecular weight excluding hydrogens is 577 g/mol. The number of hydrogen-bond acceptors (Lipinski definition) is 7. The van der Waals surface area contributed by atoms with Gasteiger partial charge in [-0.15, -0.1) is 0 Å². The first-order chi connectivity index (χ1) is 20.6. The Morgan fingerprint density at radius 1 is 1.02 bits per heavy atom. The molecule has 3 aromatic carbocycles. The van der Waals surface area contributed by atoms with Gasteiger partial charge in [0.05, 0.1) is 17.7 Å². The molecule has 0 aliphatic carbocycles. The minimum atomic E-state index is -4.37. The fourth-order valence-corrected chi connectivity index (χ4v) is 5.96. The number of fused-ring (bicyclic) bond motifs is 1. The number of carbonyl (C=O) groups excluding carboxylic acids is 2. The van der Waals surface area contributed by atoms with Crippen LogP contribution >= 0.6 is 0 Å². The van der Waals surface area contributed by atoms with E-state index in [9.17, 15) is 22.4 Å². The summed E-state index contributed by atoms with van der Waals surface area (Å²) in [6, 6.07) is 15.1. The van der Waals surface area contributed by atoms with Gasteiger partial charge >= 0.3 is 0 Å². The number of halogens is 1. The molecule has 12 heteroatoms. The van der Waals surface area contributed by atoms with E-state index in [1.165, 1.54) is 42.3 Å². The number of amides is 2. The lowest BCUT2D eigenvalue weighted by Crippen LogP contribution is -2.51. The van der Waals surface area contributed by atoms with Gasteiger partial charge in [-0.1, -0.05) is 25.5 Å². The molecule has 0 bridgehead atoms. The molecule has 1 N–H and O–H groups in total. The van der Waals surface area contributed by atoms with Gasteiger partial charge in [-0.3, -0.25) is 13.9 Å². The van der Waals surface area contributed by atoms with Crippen LogP contribution in [-0.2, 0) is 26.2 Å². The summed E-state index contributed by atoms with van der Waals surface area (Å²) >= 11 is 0. The van der Waals surface area contributed by atoms with E-state index in [2.05, 4.69) is 5.32 Å². The lowest BCUT2D eigenvalue weighted by atomic mass is 10.1. The first-order valence-corrected chi connectivity index (χ1v) is 15.5. The molecular formula is C31H36FN3O7S. The van der Waals surface area contributed by atoms with Crippen molar-refractivity contribution in [2.45, 2.75) is 44.2 Å². The van der Waals surface area contributed by atoms with Gasteiger partial charge in [0.25, 0.3) is 10.0 Å². The van der Waals surface area contributed by atoms with Gasteiger partial charge in [-0.25, -0.2) is 12.8 Å². The molecule has 1 atom stereocenters. The molecule has 1 aliphatic rings. The highest BCUT2D eigenvalue weighted by molar-refractivity contribution is 7.92. The van der Waals surface area contributed by atoms with Gasteiger partial charge in [0, 0.05) is 19.2 Å². The van der Waals surface area contributed by atoms with Gasteiger partial charge in [0.2, 0.25) is 11.8 Å². The molecule has 0 aromatic heterocycles. The van der Waals surface area contributed by atoms with Crippen molar-refractivity contribution in [3.8, 4) is 17.2 Å². The maximum absolute atomic E-state index is 14.1. The molecule has 1 aliphatic heterocycles. The van der Waals surface area contributed by atoms with E-state index in [1.54, 1.807) is 31.2 Å². The third-order valence-corrected chi connectivity index (χ3v) is 8.75. The van der Waals surface area contributed by atoms with Crippen LogP contribution in [0.4, 0.5) is 10.1 Å². The fraction of sp³-hybridized carbons (Fsp3) is 0.355. The number of methoxy groups -OCH3 is 1. The first-order valence-electron chi connectivity index (χ1n) is 14.0. The molecule has 3 aromatic rings. The van der Waals surface area contributed by atoms with E-state index in [-0.39, 0.29) is 35.4 Å². The average molecular weight is 614 g/mol. The van der Waals surface area contributed by atoms with Crippen molar-refractivity contribution < 1.29 is 36.6 Å². The number of rotatable bonds is 13. The molecule has 230 valence electrons. The monoisotopic (exact) mass is 613 g/mol. The van der Waals surface area contributed by atoms with Gasteiger partial charge in [-0.05, 0) is 67.4 Å². The Morgan fingerprint density at radius 2 is 1.74 bits per heavy atom. The van der Waals surface area contributed by atoms with Crippen molar-refractivity contribution in [1.29, 1.82) is 0 Å². The summed E-state index contributed by atoms with van der Waals surface area (Å²) in [5, 5.41) is 2.85. The van der Waals surface area contributed by atoms with Crippen LogP contribution in [0, 0.1) is 5.82 Å². The summed E-state index contributed by atoms with van der Waals surface area (Å²) in [7, 11) is -2.85. The highest BCUT2D eigenvalue weighted by Crippen LogP contribution is 2.34. The Kier molecular flexibility index (Phi) is 10.5. The highest BCUT2D eigenvalue weighted by atomic mass is 32.2. The molecule has 0 saturated heterocycles. The van der Waals surface area contributed by atoms with E-state index in [0.29, 0.717) is 30.2 Å². The van der Waals surface area contributed by atoms with Crippen LogP contribution in [0.5, 0.6) is 17.2 Å². The van der Waals surface area contributed by atoms with Crippen LogP contribution in [0.15, 0.2) is 71.6 Å². The third kappa shape index (κ3) is 7.75. The number of carbonyl (C=O) groups is 2. The van der Waals surface area contributed by atoms with Crippen LogP contribution in [0.25, 0.3) is 0 Å². The van der Waals surface area contributed by atoms with Gasteiger partial charge in [0.1, 0.15) is 37.4 Å². The predicted octanol–water partition coefficient (Wildman–Crippen LogP) is 4.13. The quantitative estimate of drug-likeness (QED) is 0.288. The average Bonchev–Trinajstić information content (AvgIpc) is 3.02. The number of anilines is 1. The van der Waals surface area contributed by atoms with Gasteiger partial charge in [-0.2, -0.15) is 0 Å². The zero-order valence-corrected chi connectivity index (χ0v) is 25.2. The third-order valence-electron chi connectivity index (χ3n) is 6.98. The molecule has 43 heavy (non-hydrogen) atoms. The number of nitrogens with zero attached hydrogens (tertiary/aromatic N) is 2. The second kappa shape index (κ2) is 14.2.